The second kappa shape index (κ2) is 22.7. The Balaban J connectivity index is 1.48. The summed E-state index contributed by atoms with van der Waals surface area (Å²) in [7, 11) is -5.24. The Morgan fingerprint density at radius 2 is 1.25 bits per heavy atom. The molecule has 10 atom stereocenters. The molecule has 1 aliphatic heterocycles. The monoisotopic (exact) mass is 1070 g/mol. The SMILES string of the molecule is CC[Si](CC)(CC)O[C@H]1C[C@H]2OC[C@@]2(OC(C)=O)[C@H]2C[C@]3(OC(=O)c4ccccc4)C[C@H](OC(=O)[C@H](O[Si](CC)(CC)CC)[C@@H](NC(=O)c4ccccc4)c4ccccc4)C(C)=C([C@@H](OC(C)=O)C(=O)[C@]12C)C3(C)C. The fourth-order valence-corrected chi connectivity index (χ4v) is 18.7. The van der Waals surface area contributed by atoms with E-state index in [9.17, 15) is 14.4 Å². The van der Waals surface area contributed by atoms with Crippen LogP contribution in [0.15, 0.2) is 102 Å². The summed E-state index contributed by atoms with van der Waals surface area (Å²) in [6.45, 7) is 22.3. The summed E-state index contributed by atoms with van der Waals surface area (Å²) >= 11 is 0. The minimum Gasteiger partial charge on any atom is -0.456 e. The van der Waals surface area contributed by atoms with E-state index in [1.54, 1.807) is 61.5 Å². The lowest BCUT2D eigenvalue weighted by Gasteiger charge is -2.67. The minimum atomic E-state index is -2.71. The third-order valence-electron chi connectivity index (χ3n) is 18.1. The molecular weight excluding hydrogens is 987 g/mol. The Hall–Kier alpha value is -5.27. The molecule has 1 saturated heterocycles. The van der Waals surface area contributed by atoms with Crippen LogP contribution in [0.1, 0.15) is 135 Å². The minimum absolute atomic E-state index is 0.0521. The maximum atomic E-state index is 16.5. The molecule has 3 aliphatic carbocycles. The topological polar surface area (TPSA) is 179 Å². The molecule has 0 aromatic heterocycles. The molecule has 16 heteroatoms. The normalized spacial score (nSPS) is 27.9. The van der Waals surface area contributed by atoms with E-state index in [0.717, 1.165) is 18.1 Å². The number of ether oxygens (including phenoxy) is 5. The number of fused-ring (bicyclic) bond motifs is 5. The van der Waals surface area contributed by atoms with Gasteiger partial charge in [0.05, 0.1) is 29.7 Å². The second-order valence-corrected chi connectivity index (χ2v) is 31.4. The second-order valence-electron chi connectivity index (χ2n) is 21.9. The number of Topliss-reactive ketones (excluding diaryl/α,β-unsaturated/α-hetero) is 1. The molecule has 1 amide bonds. The van der Waals surface area contributed by atoms with Crippen molar-refractivity contribution in [3.8, 4) is 0 Å². The van der Waals surface area contributed by atoms with Crippen molar-refractivity contribution in [2.45, 2.75) is 186 Å². The van der Waals surface area contributed by atoms with E-state index >= 15 is 14.4 Å². The summed E-state index contributed by atoms with van der Waals surface area (Å²) in [5.41, 5.74) is -3.95. The van der Waals surface area contributed by atoms with E-state index in [4.69, 9.17) is 32.5 Å². The van der Waals surface area contributed by atoms with Gasteiger partial charge >= 0.3 is 23.9 Å². The first-order valence-electron chi connectivity index (χ1n) is 27.1. The summed E-state index contributed by atoms with van der Waals surface area (Å²) in [4.78, 5) is 88.6. The summed E-state index contributed by atoms with van der Waals surface area (Å²) in [5.74, 6) is -4.63. The molecular formula is C59H79NO13Si2. The molecule has 4 aliphatic rings. The smallest absolute Gasteiger partial charge is 0.338 e. The highest BCUT2D eigenvalue weighted by Crippen LogP contribution is 2.65. The molecule has 1 N–H and O–H groups in total. The van der Waals surface area contributed by atoms with Gasteiger partial charge in [0.25, 0.3) is 5.91 Å². The first-order valence-corrected chi connectivity index (χ1v) is 32.1. The van der Waals surface area contributed by atoms with E-state index in [1.807, 2.05) is 77.9 Å². The third-order valence-corrected chi connectivity index (χ3v) is 27.4. The number of nitrogens with one attached hydrogen (secondary N) is 1. The fourth-order valence-electron chi connectivity index (χ4n) is 13.0. The van der Waals surface area contributed by atoms with Gasteiger partial charge in [0.15, 0.2) is 40.2 Å². The molecule has 0 unspecified atom stereocenters. The van der Waals surface area contributed by atoms with Gasteiger partial charge in [0.2, 0.25) is 0 Å². The third kappa shape index (κ3) is 10.6. The van der Waals surface area contributed by atoms with Crippen LogP contribution in [-0.4, -0.2) is 101 Å². The first kappa shape index (κ1) is 57.4. The van der Waals surface area contributed by atoms with Gasteiger partial charge in [-0.25, -0.2) is 9.59 Å². The molecule has 75 heavy (non-hydrogen) atoms. The van der Waals surface area contributed by atoms with Crippen molar-refractivity contribution in [2.24, 2.45) is 16.7 Å². The van der Waals surface area contributed by atoms with Gasteiger partial charge < -0.3 is 37.9 Å². The molecule has 2 bridgehead atoms. The molecule has 406 valence electrons. The average Bonchev–Trinajstić information content (AvgIpc) is 3.41. The van der Waals surface area contributed by atoms with Crippen molar-refractivity contribution in [3.05, 3.63) is 119 Å². The van der Waals surface area contributed by atoms with E-state index in [-0.39, 0.29) is 31.4 Å². The Morgan fingerprint density at radius 1 is 0.707 bits per heavy atom. The van der Waals surface area contributed by atoms with Gasteiger partial charge in [-0.2, -0.15) is 0 Å². The maximum Gasteiger partial charge on any atom is 0.338 e. The zero-order valence-electron chi connectivity index (χ0n) is 46.1. The van der Waals surface area contributed by atoms with Crippen LogP contribution in [0.5, 0.6) is 0 Å². The lowest BCUT2D eigenvalue weighted by molar-refractivity contribution is -0.326. The largest absolute Gasteiger partial charge is 0.456 e. The Labute approximate surface area is 445 Å². The number of benzene rings is 3. The van der Waals surface area contributed by atoms with Crippen LogP contribution < -0.4 is 5.32 Å². The van der Waals surface area contributed by atoms with Crippen LogP contribution in [-0.2, 0) is 51.7 Å². The van der Waals surface area contributed by atoms with Crippen molar-refractivity contribution in [2.75, 3.05) is 6.61 Å². The number of ketones is 1. The predicted octanol–water partition coefficient (Wildman–Crippen LogP) is 10.8. The zero-order chi connectivity index (χ0) is 54.7. The number of esters is 4. The van der Waals surface area contributed by atoms with Crippen LogP contribution in [0.2, 0.25) is 36.3 Å². The van der Waals surface area contributed by atoms with E-state index in [1.165, 1.54) is 13.8 Å². The van der Waals surface area contributed by atoms with Gasteiger partial charge in [-0.3, -0.25) is 19.2 Å². The van der Waals surface area contributed by atoms with Crippen LogP contribution in [0.4, 0.5) is 0 Å². The standard InChI is InChI=1S/C59H79NO13Si2/c1-13-74(14-2,15-3)72-46-34-47-59(37-67-47,70-40(9)62)45-36-58(71-54(65)43-32-26-21-27-33-43)35-44(38(7)48(56(58,10)11)50(68-39(8)61)52(63)57(45,46)12)69-55(66)51(73-75(16-4,17-5)18-6)49(41-28-22-19-23-29-41)60-53(64)42-30-24-20-25-31-42/h19-33,44-47,49-51H,13-18,34-37H2,1-12H3,(H,60,64)/t44-,45-,46-,47+,49-,50+,51+,57-,58+,59+/m0/s1. The van der Waals surface area contributed by atoms with E-state index in [0.29, 0.717) is 40.4 Å². The summed E-state index contributed by atoms with van der Waals surface area (Å²) in [6, 6.07) is 29.7. The number of rotatable bonds is 20. The van der Waals surface area contributed by atoms with Crippen molar-refractivity contribution in [3.63, 3.8) is 0 Å². The van der Waals surface area contributed by atoms with Gasteiger partial charge in [-0.15, -0.1) is 0 Å². The van der Waals surface area contributed by atoms with Crippen molar-refractivity contribution in [1.29, 1.82) is 0 Å². The predicted molar refractivity (Wildman–Crippen MR) is 288 cm³/mol. The number of hydrogen-bond donors (Lipinski definition) is 1. The number of carbonyl (C=O) groups excluding carboxylic acids is 6. The van der Waals surface area contributed by atoms with Crippen LogP contribution >= 0.6 is 0 Å². The number of amides is 1. The summed E-state index contributed by atoms with van der Waals surface area (Å²) in [6.07, 6.45) is -5.68. The maximum absolute atomic E-state index is 16.5. The average molecular weight is 1070 g/mol. The Bertz CT molecular complexity index is 2590. The van der Waals surface area contributed by atoms with Gasteiger partial charge in [-0.1, -0.05) is 122 Å². The van der Waals surface area contributed by atoms with Crippen LogP contribution in [0, 0.1) is 16.7 Å². The van der Waals surface area contributed by atoms with Gasteiger partial charge in [0.1, 0.15) is 17.8 Å². The van der Waals surface area contributed by atoms with Crippen LogP contribution in [0.25, 0.3) is 0 Å². The first-order chi connectivity index (χ1) is 35.6. The van der Waals surface area contributed by atoms with Crippen molar-refractivity contribution in [1.82, 2.24) is 5.32 Å². The highest BCUT2D eigenvalue weighted by atomic mass is 28.4. The molecule has 0 radical (unpaired) electrons. The molecule has 7 rings (SSSR count). The van der Waals surface area contributed by atoms with E-state index in [2.05, 4.69) is 26.1 Å². The Kier molecular flexibility index (Phi) is 17.4. The van der Waals surface area contributed by atoms with Crippen molar-refractivity contribution >= 4 is 52.2 Å². The number of carbonyl (C=O) groups is 6. The number of hydrogen-bond acceptors (Lipinski definition) is 13. The molecule has 1 heterocycles. The lowest BCUT2D eigenvalue weighted by atomic mass is 9.45. The highest BCUT2D eigenvalue weighted by Gasteiger charge is 2.76. The molecule has 3 fully saturated rings. The molecule has 14 nitrogen and oxygen atoms in total. The van der Waals surface area contributed by atoms with Crippen LogP contribution in [0.3, 0.4) is 0 Å². The highest BCUT2D eigenvalue weighted by molar-refractivity contribution is 6.74. The molecule has 2 saturated carbocycles. The molecule has 3 aromatic rings. The zero-order valence-corrected chi connectivity index (χ0v) is 48.1. The quantitative estimate of drug-likeness (QED) is 0.0489. The van der Waals surface area contributed by atoms with Gasteiger partial charge in [-0.05, 0) is 97.5 Å². The lowest BCUT2D eigenvalue weighted by Crippen LogP contribution is -2.78. The van der Waals surface area contributed by atoms with E-state index < -0.39 is 117 Å². The summed E-state index contributed by atoms with van der Waals surface area (Å²) in [5, 5.41) is 3.15. The summed E-state index contributed by atoms with van der Waals surface area (Å²) < 4.78 is 47.7. The van der Waals surface area contributed by atoms with Crippen molar-refractivity contribution < 1.29 is 61.3 Å². The van der Waals surface area contributed by atoms with Gasteiger partial charge in [0, 0.05) is 43.6 Å². The molecule has 0 spiro atoms. The fraction of sp³-hybridized carbons (Fsp3) is 0.559. The molecule has 3 aromatic carbocycles. The Morgan fingerprint density at radius 3 is 1.76 bits per heavy atom.